The maximum absolute atomic E-state index is 12.0. The molecule has 1 aliphatic rings. The minimum absolute atomic E-state index is 0.0339. The molecule has 0 N–H and O–H groups in total. The average Bonchev–Trinajstić information content (AvgIpc) is 2.79. The lowest BCUT2D eigenvalue weighted by atomic mass is 9.92. The predicted octanol–water partition coefficient (Wildman–Crippen LogP) is 2.88. The Kier molecular flexibility index (Phi) is 9.18. The van der Waals surface area contributed by atoms with E-state index in [2.05, 4.69) is 0 Å². The van der Waals surface area contributed by atoms with Crippen molar-refractivity contribution in [1.82, 2.24) is 4.90 Å². The molecule has 0 unspecified atom stereocenters. The molecule has 34 heavy (non-hydrogen) atoms. The molecule has 8 nitrogen and oxygen atoms in total. The maximum Gasteiger partial charge on any atom is 0.303 e. The number of ether oxygens (including phenoxy) is 4. The van der Waals surface area contributed by atoms with Gasteiger partial charge in [-0.2, -0.15) is 0 Å². The highest BCUT2D eigenvalue weighted by Crippen LogP contribution is 2.29. The molecule has 1 heterocycles. The third-order valence-corrected chi connectivity index (χ3v) is 5.54. The van der Waals surface area contributed by atoms with Gasteiger partial charge in [0.15, 0.2) is 12.2 Å². The number of likely N-dealkylation sites (tertiary alicyclic amines) is 1. The Labute approximate surface area is 199 Å². The Morgan fingerprint density at radius 1 is 0.794 bits per heavy atom. The fourth-order valence-corrected chi connectivity index (χ4v) is 4.14. The molecule has 0 aliphatic carbocycles. The van der Waals surface area contributed by atoms with Crippen LogP contribution in [0.5, 0.6) is 0 Å². The molecular formula is C26H31NO7. The minimum atomic E-state index is -0.863. The first kappa shape index (κ1) is 25.4. The van der Waals surface area contributed by atoms with Crippen LogP contribution in [-0.4, -0.2) is 60.3 Å². The molecule has 2 aromatic rings. The first-order valence-electron chi connectivity index (χ1n) is 11.2. The molecule has 2 aromatic carbocycles. The van der Waals surface area contributed by atoms with Gasteiger partial charge in [0.05, 0.1) is 12.6 Å². The van der Waals surface area contributed by atoms with Crippen LogP contribution in [0.25, 0.3) is 0 Å². The van der Waals surface area contributed by atoms with E-state index in [9.17, 15) is 14.4 Å². The lowest BCUT2D eigenvalue weighted by Gasteiger charge is -2.47. The molecule has 3 rings (SSSR count). The van der Waals surface area contributed by atoms with Gasteiger partial charge >= 0.3 is 17.9 Å². The van der Waals surface area contributed by atoms with Crippen molar-refractivity contribution in [3.63, 3.8) is 0 Å². The fraction of sp³-hybridized carbons (Fsp3) is 0.423. The summed E-state index contributed by atoms with van der Waals surface area (Å²) in [5.41, 5.74) is 1.96. The number of esters is 3. The van der Waals surface area contributed by atoms with Gasteiger partial charge < -0.3 is 18.9 Å². The molecule has 0 aromatic heterocycles. The number of hydrogen-bond acceptors (Lipinski definition) is 8. The number of carbonyl (C=O) groups excluding carboxylic acids is 3. The van der Waals surface area contributed by atoms with E-state index < -0.39 is 42.3 Å². The summed E-state index contributed by atoms with van der Waals surface area (Å²) in [6.07, 6.45) is -2.33. The van der Waals surface area contributed by atoms with Crippen molar-refractivity contribution in [2.45, 2.75) is 58.3 Å². The van der Waals surface area contributed by atoms with E-state index in [0.29, 0.717) is 6.54 Å². The lowest BCUT2D eigenvalue weighted by Crippen LogP contribution is -2.64. The first-order valence-corrected chi connectivity index (χ1v) is 11.2. The van der Waals surface area contributed by atoms with E-state index in [1.54, 1.807) is 0 Å². The normalized spacial score (nSPS) is 22.6. The Balaban J connectivity index is 1.95. The van der Waals surface area contributed by atoms with Crippen LogP contribution >= 0.6 is 0 Å². The lowest BCUT2D eigenvalue weighted by molar-refractivity contribution is -0.209. The summed E-state index contributed by atoms with van der Waals surface area (Å²) in [5.74, 6) is -1.42. The zero-order valence-electron chi connectivity index (χ0n) is 19.7. The second-order valence-corrected chi connectivity index (χ2v) is 8.27. The van der Waals surface area contributed by atoms with Crippen LogP contribution in [0.15, 0.2) is 60.7 Å². The van der Waals surface area contributed by atoms with Crippen LogP contribution in [0.2, 0.25) is 0 Å². The van der Waals surface area contributed by atoms with Gasteiger partial charge in [-0.1, -0.05) is 60.7 Å². The van der Waals surface area contributed by atoms with Gasteiger partial charge in [0, 0.05) is 33.9 Å². The summed E-state index contributed by atoms with van der Waals surface area (Å²) >= 11 is 0. The van der Waals surface area contributed by atoms with E-state index >= 15 is 0 Å². The molecule has 182 valence electrons. The zero-order valence-corrected chi connectivity index (χ0v) is 19.7. The molecule has 0 amide bonds. The highest BCUT2D eigenvalue weighted by atomic mass is 16.6. The maximum atomic E-state index is 12.0. The van der Waals surface area contributed by atoms with Gasteiger partial charge in [0.2, 0.25) is 0 Å². The van der Waals surface area contributed by atoms with Crippen molar-refractivity contribution in [3.8, 4) is 0 Å². The molecule has 0 bridgehead atoms. The molecule has 1 fully saturated rings. The van der Waals surface area contributed by atoms with Crippen molar-refractivity contribution in [3.05, 3.63) is 71.8 Å². The predicted molar refractivity (Wildman–Crippen MR) is 123 cm³/mol. The Hall–Kier alpha value is -3.23. The molecule has 0 saturated carbocycles. The second-order valence-electron chi connectivity index (χ2n) is 8.27. The largest absolute Gasteiger partial charge is 0.464 e. The highest BCUT2D eigenvalue weighted by Gasteiger charge is 2.48. The minimum Gasteiger partial charge on any atom is -0.464 e. The number of carbonyl (C=O) groups is 3. The Morgan fingerprint density at radius 2 is 1.38 bits per heavy atom. The second kappa shape index (κ2) is 12.3. The number of hydrogen-bond donors (Lipinski definition) is 0. The molecule has 1 saturated heterocycles. The Morgan fingerprint density at radius 3 is 1.94 bits per heavy atom. The van der Waals surface area contributed by atoms with Crippen LogP contribution in [0, 0.1) is 0 Å². The summed E-state index contributed by atoms with van der Waals surface area (Å²) in [6.45, 7) is 5.02. The molecule has 8 heteroatoms. The van der Waals surface area contributed by atoms with Gasteiger partial charge in [-0.3, -0.25) is 19.3 Å². The van der Waals surface area contributed by atoms with Crippen LogP contribution in [0.4, 0.5) is 0 Å². The van der Waals surface area contributed by atoms with Crippen LogP contribution < -0.4 is 0 Å². The SMILES string of the molecule is CC(=O)OC[C@@H]1[C@@H](OCc2ccccc2)[C@H](OC(C)=O)[C@H](OC(C)=O)CN1Cc1ccccc1. The van der Waals surface area contributed by atoms with Crippen molar-refractivity contribution in [2.24, 2.45) is 0 Å². The molecule has 0 radical (unpaired) electrons. The van der Waals surface area contributed by atoms with Crippen LogP contribution in [-0.2, 0) is 46.5 Å². The Bertz CT molecular complexity index is 950. The third-order valence-electron chi connectivity index (χ3n) is 5.54. The number of piperidine rings is 1. The van der Waals surface area contributed by atoms with Gasteiger partial charge in [0.25, 0.3) is 0 Å². The highest BCUT2D eigenvalue weighted by molar-refractivity contribution is 5.67. The summed E-state index contributed by atoms with van der Waals surface area (Å²) in [5, 5.41) is 0. The number of benzene rings is 2. The molecule has 4 atom stereocenters. The van der Waals surface area contributed by atoms with Gasteiger partial charge in [-0.05, 0) is 11.1 Å². The van der Waals surface area contributed by atoms with Crippen molar-refractivity contribution in [1.29, 1.82) is 0 Å². The summed E-state index contributed by atoms with van der Waals surface area (Å²) in [7, 11) is 0. The third kappa shape index (κ3) is 7.40. The monoisotopic (exact) mass is 469 g/mol. The van der Waals surface area contributed by atoms with Gasteiger partial charge in [0.1, 0.15) is 12.7 Å². The van der Waals surface area contributed by atoms with Crippen molar-refractivity contribution >= 4 is 17.9 Å². The van der Waals surface area contributed by atoms with E-state index in [4.69, 9.17) is 18.9 Å². The smallest absolute Gasteiger partial charge is 0.303 e. The summed E-state index contributed by atoms with van der Waals surface area (Å²) in [4.78, 5) is 37.6. The van der Waals surface area contributed by atoms with E-state index in [-0.39, 0.29) is 19.8 Å². The molecular weight excluding hydrogens is 438 g/mol. The van der Waals surface area contributed by atoms with Gasteiger partial charge in [-0.25, -0.2) is 0 Å². The summed E-state index contributed by atoms with van der Waals surface area (Å²) in [6, 6.07) is 18.9. The first-order chi connectivity index (χ1) is 16.3. The quantitative estimate of drug-likeness (QED) is 0.409. The van der Waals surface area contributed by atoms with Crippen LogP contribution in [0.3, 0.4) is 0 Å². The van der Waals surface area contributed by atoms with Crippen molar-refractivity contribution in [2.75, 3.05) is 13.2 Å². The number of nitrogens with zero attached hydrogens (tertiary/aromatic N) is 1. The zero-order chi connectivity index (χ0) is 24.5. The van der Waals surface area contributed by atoms with E-state index in [0.717, 1.165) is 11.1 Å². The topological polar surface area (TPSA) is 91.4 Å². The van der Waals surface area contributed by atoms with E-state index in [1.165, 1.54) is 20.8 Å². The molecule has 1 aliphatic heterocycles. The van der Waals surface area contributed by atoms with E-state index in [1.807, 2.05) is 65.6 Å². The fourth-order valence-electron chi connectivity index (χ4n) is 4.14. The average molecular weight is 470 g/mol. The molecule has 0 spiro atoms. The number of rotatable bonds is 9. The van der Waals surface area contributed by atoms with Gasteiger partial charge in [-0.15, -0.1) is 0 Å². The van der Waals surface area contributed by atoms with Crippen LogP contribution in [0.1, 0.15) is 31.9 Å². The standard InChI is InChI=1S/C26H31NO7/c1-18(28)31-17-23-25(32-16-22-12-8-5-9-13-22)26(34-20(3)30)24(33-19(2)29)15-27(23)14-21-10-6-4-7-11-21/h4-13,23-26H,14-17H2,1-3H3/t23-,24-,25-,26-/m1/s1. The summed E-state index contributed by atoms with van der Waals surface area (Å²) < 4.78 is 22.9. The van der Waals surface area contributed by atoms with Crippen molar-refractivity contribution < 1.29 is 33.3 Å².